The number of carbonyl (C=O) groups excluding carboxylic acids is 1. The molecule has 0 saturated heterocycles. The van der Waals surface area contributed by atoms with E-state index in [9.17, 15) is 10.1 Å². The Morgan fingerprint density at radius 1 is 1.28 bits per heavy atom. The quantitative estimate of drug-likeness (QED) is 0.627. The lowest BCUT2D eigenvalue weighted by molar-refractivity contribution is -0.120. The van der Waals surface area contributed by atoms with Crippen molar-refractivity contribution in [2.45, 2.75) is 51.9 Å². The molecule has 29 heavy (non-hydrogen) atoms. The van der Waals surface area contributed by atoms with Crippen molar-refractivity contribution < 1.29 is 9.53 Å². The van der Waals surface area contributed by atoms with E-state index < -0.39 is 5.54 Å². The summed E-state index contributed by atoms with van der Waals surface area (Å²) < 4.78 is 7.26. The summed E-state index contributed by atoms with van der Waals surface area (Å²) in [6.45, 7) is 10.6. The highest BCUT2D eigenvalue weighted by molar-refractivity contribution is 7.99. The van der Waals surface area contributed by atoms with Gasteiger partial charge < -0.3 is 14.6 Å². The minimum atomic E-state index is -0.891. The number of aromatic nitrogens is 3. The molecule has 1 aromatic heterocycles. The minimum Gasteiger partial charge on any atom is -0.497 e. The number of methoxy groups -OCH3 is 1. The summed E-state index contributed by atoms with van der Waals surface area (Å²) in [4.78, 5) is 12.4. The standard InChI is InChI=1S/C21H29N5O2S/c1-14(2)11-26-19(16-7-9-17(28-6)10-8-16)24-25-20(26)29-12-18(27)23-21(5,13-22)15(3)4/h7-10,14-15H,11-12H2,1-6H3,(H,23,27)/t21-/m0/s1. The molecule has 2 rings (SSSR count). The van der Waals surface area contributed by atoms with E-state index in [1.807, 2.05) is 42.7 Å². The summed E-state index contributed by atoms with van der Waals surface area (Å²) >= 11 is 1.33. The van der Waals surface area contributed by atoms with Crippen LogP contribution in [0.2, 0.25) is 0 Å². The largest absolute Gasteiger partial charge is 0.497 e. The lowest BCUT2D eigenvalue weighted by Crippen LogP contribution is -2.49. The summed E-state index contributed by atoms with van der Waals surface area (Å²) in [6, 6.07) is 9.86. The van der Waals surface area contributed by atoms with E-state index in [2.05, 4.69) is 35.4 Å². The molecule has 0 aliphatic heterocycles. The summed E-state index contributed by atoms with van der Waals surface area (Å²) in [5, 5.41) is 21.6. The maximum absolute atomic E-state index is 12.4. The molecular weight excluding hydrogens is 386 g/mol. The highest BCUT2D eigenvalue weighted by atomic mass is 32.2. The number of carbonyl (C=O) groups is 1. The molecule has 0 fully saturated rings. The van der Waals surface area contributed by atoms with Crippen LogP contribution in [0.5, 0.6) is 5.75 Å². The number of thioether (sulfide) groups is 1. The van der Waals surface area contributed by atoms with E-state index in [0.717, 1.165) is 23.7 Å². The number of amides is 1. The van der Waals surface area contributed by atoms with Gasteiger partial charge in [-0.15, -0.1) is 10.2 Å². The van der Waals surface area contributed by atoms with Crippen molar-refractivity contribution in [3.8, 4) is 23.2 Å². The van der Waals surface area contributed by atoms with E-state index in [1.165, 1.54) is 11.8 Å². The number of benzene rings is 1. The highest BCUT2D eigenvalue weighted by Crippen LogP contribution is 2.27. The van der Waals surface area contributed by atoms with Crippen molar-refractivity contribution in [1.29, 1.82) is 5.26 Å². The zero-order valence-electron chi connectivity index (χ0n) is 17.9. The Kier molecular flexibility index (Phi) is 7.68. The first-order chi connectivity index (χ1) is 13.7. The molecule has 1 atom stereocenters. The Balaban J connectivity index is 2.19. The second kappa shape index (κ2) is 9.79. The van der Waals surface area contributed by atoms with E-state index in [1.54, 1.807) is 14.0 Å². The second-order valence-electron chi connectivity index (χ2n) is 7.84. The van der Waals surface area contributed by atoms with Crippen LogP contribution in [0.15, 0.2) is 29.4 Å². The molecule has 2 aromatic rings. The average Bonchev–Trinajstić information content (AvgIpc) is 3.08. The first kappa shape index (κ1) is 22.8. The van der Waals surface area contributed by atoms with Gasteiger partial charge in [0.05, 0.1) is 18.9 Å². The van der Waals surface area contributed by atoms with Crippen molar-refractivity contribution in [3.05, 3.63) is 24.3 Å². The van der Waals surface area contributed by atoms with Gasteiger partial charge in [0.2, 0.25) is 5.91 Å². The smallest absolute Gasteiger partial charge is 0.231 e. The van der Waals surface area contributed by atoms with Gasteiger partial charge in [0, 0.05) is 12.1 Å². The molecule has 1 N–H and O–H groups in total. The summed E-state index contributed by atoms with van der Waals surface area (Å²) in [5.74, 6) is 1.90. The van der Waals surface area contributed by atoms with Gasteiger partial charge in [0.15, 0.2) is 11.0 Å². The number of nitriles is 1. The maximum atomic E-state index is 12.4. The molecule has 1 aromatic carbocycles. The summed E-state index contributed by atoms with van der Waals surface area (Å²) in [5.41, 5.74) is 0.0458. The fourth-order valence-electron chi connectivity index (χ4n) is 2.64. The van der Waals surface area contributed by atoms with Crippen molar-refractivity contribution in [2.75, 3.05) is 12.9 Å². The van der Waals surface area contributed by atoms with Crippen LogP contribution in [-0.2, 0) is 11.3 Å². The zero-order valence-corrected chi connectivity index (χ0v) is 18.7. The zero-order chi connectivity index (χ0) is 21.6. The van der Waals surface area contributed by atoms with Crippen LogP contribution >= 0.6 is 11.8 Å². The Morgan fingerprint density at radius 3 is 2.45 bits per heavy atom. The number of hydrogen-bond donors (Lipinski definition) is 1. The van der Waals surface area contributed by atoms with Gasteiger partial charge in [-0.25, -0.2) is 0 Å². The Bertz CT molecular complexity index is 870. The van der Waals surface area contributed by atoms with Crippen LogP contribution in [-0.4, -0.2) is 39.1 Å². The Labute approximate surface area is 176 Å². The lowest BCUT2D eigenvalue weighted by Gasteiger charge is -2.27. The first-order valence-corrected chi connectivity index (χ1v) is 10.6. The molecule has 0 aliphatic carbocycles. The Morgan fingerprint density at radius 2 is 1.93 bits per heavy atom. The molecule has 0 radical (unpaired) electrons. The Hall–Kier alpha value is -2.53. The maximum Gasteiger partial charge on any atom is 0.231 e. The fraction of sp³-hybridized carbons (Fsp3) is 0.524. The summed E-state index contributed by atoms with van der Waals surface area (Å²) in [7, 11) is 1.63. The van der Waals surface area contributed by atoms with Crippen molar-refractivity contribution in [1.82, 2.24) is 20.1 Å². The predicted molar refractivity (Wildman–Crippen MR) is 115 cm³/mol. The number of ether oxygens (including phenoxy) is 1. The SMILES string of the molecule is COc1ccc(-c2nnc(SCC(=O)N[C@@](C)(C#N)C(C)C)n2CC(C)C)cc1. The van der Waals surface area contributed by atoms with Gasteiger partial charge in [-0.05, 0) is 43.0 Å². The molecule has 0 saturated carbocycles. The fourth-order valence-corrected chi connectivity index (χ4v) is 3.38. The molecule has 156 valence electrons. The molecule has 8 heteroatoms. The monoisotopic (exact) mass is 415 g/mol. The highest BCUT2D eigenvalue weighted by Gasteiger charge is 2.30. The van der Waals surface area contributed by atoms with Crippen molar-refractivity contribution >= 4 is 17.7 Å². The molecule has 0 bridgehead atoms. The van der Waals surface area contributed by atoms with Gasteiger partial charge in [-0.3, -0.25) is 4.79 Å². The lowest BCUT2D eigenvalue weighted by atomic mass is 9.90. The van der Waals surface area contributed by atoms with Gasteiger partial charge in [-0.2, -0.15) is 5.26 Å². The van der Waals surface area contributed by atoms with E-state index in [0.29, 0.717) is 11.1 Å². The third-order valence-electron chi connectivity index (χ3n) is 4.73. The third-order valence-corrected chi connectivity index (χ3v) is 5.70. The number of hydrogen-bond acceptors (Lipinski definition) is 6. The molecular formula is C21H29N5O2S. The van der Waals surface area contributed by atoms with E-state index in [4.69, 9.17) is 4.74 Å². The second-order valence-corrected chi connectivity index (χ2v) is 8.79. The minimum absolute atomic E-state index is 0.00715. The third kappa shape index (κ3) is 5.73. The van der Waals surface area contributed by atoms with Crippen molar-refractivity contribution in [2.24, 2.45) is 11.8 Å². The number of nitrogens with one attached hydrogen (secondary N) is 1. The molecule has 1 amide bonds. The molecule has 1 heterocycles. The first-order valence-electron chi connectivity index (χ1n) is 9.62. The van der Waals surface area contributed by atoms with Gasteiger partial charge in [0.25, 0.3) is 0 Å². The topological polar surface area (TPSA) is 92.8 Å². The van der Waals surface area contributed by atoms with E-state index >= 15 is 0 Å². The molecule has 7 nitrogen and oxygen atoms in total. The molecule has 0 aliphatic rings. The van der Waals surface area contributed by atoms with Crippen LogP contribution in [0, 0.1) is 23.2 Å². The molecule has 0 unspecified atom stereocenters. The average molecular weight is 416 g/mol. The van der Waals surface area contributed by atoms with Crippen LogP contribution in [0.1, 0.15) is 34.6 Å². The predicted octanol–water partition coefficient (Wildman–Crippen LogP) is 3.76. The van der Waals surface area contributed by atoms with Crippen LogP contribution < -0.4 is 10.1 Å². The van der Waals surface area contributed by atoms with Crippen LogP contribution in [0.25, 0.3) is 11.4 Å². The van der Waals surface area contributed by atoms with Crippen molar-refractivity contribution in [3.63, 3.8) is 0 Å². The van der Waals surface area contributed by atoms with Crippen LogP contribution in [0.3, 0.4) is 0 Å². The normalized spacial score (nSPS) is 13.2. The van der Waals surface area contributed by atoms with Gasteiger partial charge >= 0.3 is 0 Å². The van der Waals surface area contributed by atoms with Gasteiger partial charge in [-0.1, -0.05) is 39.5 Å². The summed E-state index contributed by atoms with van der Waals surface area (Å²) in [6.07, 6.45) is 0. The van der Waals surface area contributed by atoms with Gasteiger partial charge in [0.1, 0.15) is 11.3 Å². The number of nitrogens with zero attached hydrogens (tertiary/aromatic N) is 4. The molecule has 0 spiro atoms. The number of rotatable bonds is 9. The van der Waals surface area contributed by atoms with Crippen LogP contribution in [0.4, 0.5) is 0 Å². The van der Waals surface area contributed by atoms with E-state index in [-0.39, 0.29) is 17.6 Å².